The molecule has 1 saturated heterocycles. The number of benzene rings is 2. The molecule has 2 aromatic carbocycles. The summed E-state index contributed by atoms with van der Waals surface area (Å²) in [6, 6.07) is 9.07. The molecule has 4 atom stereocenters. The number of nitro benzene ring substituents is 1. The van der Waals surface area contributed by atoms with E-state index in [0.29, 0.717) is 11.4 Å². The van der Waals surface area contributed by atoms with Crippen molar-refractivity contribution in [3.63, 3.8) is 0 Å². The molecule has 0 unspecified atom stereocenters. The van der Waals surface area contributed by atoms with E-state index < -0.39 is 46.8 Å². The highest BCUT2D eigenvalue weighted by molar-refractivity contribution is 6.37. The van der Waals surface area contributed by atoms with E-state index in [0.717, 1.165) is 16.1 Å². The highest BCUT2D eigenvalue weighted by atomic mass is 35.5. The lowest BCUT2D eigenvalue weighted by atomic mass is 9.85. The zero-order valence-electron chi connectivity index (χ0n) is 18.0. The summed E-state index contributed by atoms with van der Waals surface area (Å²) in [6.07, 6.45) is 4.51. The second-order valence-electron chi connectivity index (χ2n) is 8.71. The van der Waals surface area contributed by atoms with Crippen molar-refractivity contribution in [2.24, 2.45) is 23.7 Å². The number of Topliss-reactive ketones (excluding diaryl/α,β-unsaturated/α-hetero) is 1. The van der Waals surface area contributed by atoms with Crippen LogP contribution in [0.4, 0.5) is 5.69 Å². The maximum atomic E-state index is 13.5. The number of halogens is 2. The molecule has 11 heteroatoms. The molecule has 0 N–H and O–H groups in total. The lowest BCUT2D eigenvalue weighted by Gasteiger charge is -2.30. The molecule has 1 heterocycles. The van der Waals surface area contributed by atoms with Gasteiger partial charge in [-0.25, -0.2) is 5.01 Å². The summed E-state index contributed by atoms with van der Waals surface area (Å²) in [4.78, 5) is 64.0. The topological polar surface area (TPSA) is 118 Å². The molecule has 2 bridgehead atoms. The first-order chi connectivity index (χ1) is 16.7. The Labute approximate surface area is 209 Å². The van der Waals surface area contributed by atoms with Gasteiger partial charge in [-0.15, -0.1) is 0 Å². The third kappa shape index (κ3) is 3.81. The molecule has 9 nitrogen and oxygen atoms in total. The maximum Gasteiger partial charge on any atom is 0.273 e. The number of rotatable bonds is 6. The van der Waals surface area contributed by atoms with Gasteiger partial charge in [0, 0.05) is 28.3 Å². The zero-order chi connectivity index (χ0) is 25.0. The second-order valence-corrected chi connectivity index (χ2v) is 9.55. The third-order valence-corrected chi connectivity index (χ3v) is 7.30. The van der Waals surface area contributed by atoms with Crippen LogP contribution in [-0.4, -0.2) is 45.0 Å². The fourth-order valence-electron chi connectivity index (χ4n) is 5.20. The van der Waals surface area contributed by atoms with Crippen LogP contribution in [0.25, 0.3) is 0 Å². The number of ketones is 1. The van der Waals surface area contributed by atoms with Crippen molar-refractivity contribution < 1.29 is 24.1 Å². The van der Waals surface area contributed by atoms with Gasteiger partial charge >= 0.3 is 0 Å². The molecule has 0 radical (unpaired) electrons. The number of allylic oxidation sites excluding steroid dienone is 2. The van der Waals surface area contributed by atoms with Crippen LogP contribution in [0.1, 0.15) is 27.1 Å². The van der Waals surface area contributed by atoms with Gasteiger partial charge < -0.3 is 0 Å². The lowest BCUT2D eigenvalue weighted by molar-refractivity contribution is -0.384. The van der Waals surface area contributed by atoms with E-state index in [9.17, 15) is 29.3 Å². The molecule has 35 heavy (non-hydrogen) atoms. The van der Waals surface area contributed by atoms with Gasteiger partial charge in [0.05, 0.1) is 21.8 Å². The Morgan fingerprint density at radius 2 is 1.69 bits per heavy atom. The largest absolute Gasteiger partial charge is 0.292 e. The van der Waals surface area contributed by atoms with Crippen molar-refractivity contribution in [1.29, 1.82) is 0 Å². The minimum Gasteiger partial charge on any atom is -0.292 e. The Balaban J connectivity index is 1.53. The van der Waals surface area contributed by atoms with Gasteiger partial charge in [0.2, 0.25) is 0 Å². The number of hydrogen-bond acceptors (Lipinski definition) is 6. The normalized spacial score (nSPS) is 24.1. The molecule has 3 aliphatic rings. The molecule has 2 aromatic rings. The molecule has 1 saturated carbocycles. The van der Waals surface area contributed by atoms with Gasteiger partial charge in [0.15, 0.2) is 5.78 Å². The van der Waals surface area contributed by atoms with E-state index >= 15 is 0 Å². The quantitative estimate of drug-likeness (QED) is 0.189. The van der Waals surface area contributed by atoms with Crippen LogP contribution in [0.15, 0.2) is 54.6 Å². The Kier molecular flexibility index (Phi) is 5.69. The van der Waals surface area contributed by atoms with Crippen LogP contribution in [0.3, 0.4) is 0 Å². The molecular weight excluding hydrogens is 497 g/mol. The SMILES string of the molecule is O=C(CN(C(=O)c1cccc([N+](=O)[O-])c1)N1C(=O)[C@@H]2[C@H](C1=O)[C@H]1C=C[C@H]2C1)c1ccc(Cl)cc1Cl. The number of nitro groups is 1. The molecule has 178 valence electrons. The van der Waals surface area contributed by atoms with Crippen LogP contribution < -0.4 is 0 Å². The summed E-state index contributed by atoms with van der Waals surface area (Å²) in [5, 5.41) is 13.1. The van der Waals surface area contributed by atoms with Gasteiger partial charge in [-0.2, -0.15) is 5.01 Å². The first kappa shape index (κ1) is 23.2. The maximum absolute atomic E-state index is 13.5. The van der Waals surface area contributed by atoms with Crippen molar-refractivity contribution in [2.75, 3.05) is 6.54 Å². The van der Waals surface area contributed by atoms with E-state index in [4.69, 9.17) is 23.2 Å². The van der Waals surface area contributed by atoms with E-state index in [2.05, 4.69) is 0 Å². The van der Waals surface area contributed by atoms with E-state index in [-0.39, 0.29) is 33.7 Å². The molecule has 5 rings (SSSR count). The van der Waals surface area contributed by atoms with Gasteiger partial charge in [0.1, 0.15) is 6.54 Å². The predicted molar refractivity (Wildman–Crippen MR) is 124 cm³/mol. The highest BCUT2D eigenvalue weighted by Crippen LogP contribution is 2.52. The minimum absolute atomic E-state index is 0.0448. The molecule has 0 spiro atoms. The first-order valence-corrected chi connectivity index (χ1v) is 11.5. The summed E-state index contributed by atoms with van der Waals surface area (Å²) in [6.45, 7) is -0.678. The van der Waals surface area contributed by atoms with Gasteiger partial charge in [-0.05, 0) is 42.5 Å². The van der Waals surface area contributed by atoms with Crippen molar-refractivity contribution in [3.8, 4) is 0 Å². The number of fused-ring (bicyclic) bond motifs is 5. The lowest BCUT2D eigenvalue weighted by Crippen LogP contribution is -2.52. The Hall–Kier alpha value is -3.56. The summed E-state index contributed by atoms with van der Waals surface area (Å²) in [5.74, 6) is -4.08. The Morgan fingerprint density at radius 1 is 1.03 bits per heavy atom. The van der Waals surface area contributed by atoms with Crippen molar-refractivity contribution in [1.82, 2.24) is 10.0 Å². The number of carbonyl (C=O) groups excluding carboxylic acids is 4. The minimum atomic E-state index is -0.894. The Bertz CT molecular complexity index is 1310. The average molecular weight is 514 g/mol. The highest BCUT2D eigenvalue weighted by Gasteiger charge is 2.61. The number of non-ortho nitro benzene ring substituents is 1. The molecule has 3 amide bonds. The number of nitrogens with zero attached hydrogens (tertiary/aromatic N) is 3. The number of imide groups is 1. The standard InChI is InChI=1S/C24H17Cl2N3O6/c25-15-6-7-17(18(26)10-15)19(30)11-27(22(31)14-2-1-3-16(9-14)29(34)35)28-23(32)20-12-4-5-13(8-12)21(20)24(28)33/h1-7,9-10,12-13,20-21H,8,11H2/t12-,13-,20-,21+/m0/s1. The number of hydrazine groups is 1. The smallest absolute Gasteiger partial charge is 0.273 e. The summed E-state index contributed by atoms with van der Waals surface area (Å²) < 4.78 is 0. The van der Waals surface area contributed by atoms with Crippen molar-refractivity contribution >= 4 is 52.4 Å². The number of hydrogen-bond donors (Lipinski definition) is 0. The number of amides is 3. The van der Waals surface area contributed by atoms with Crippen LogP contribution >= 0.6 is 23.2 Å². The van der Waals surface area contributed by atoms with Gasteiger partial charge in [-0.3, -0.25) is 29.3 Å². The van der Waals surface area contributed by atoms with Crippen LogP contribution in [-0.2, 0) is 9.59 Å². The molecule has 0 aromatic heterocycles. The summed E-state index contributed by atoms with van der Waals surface area (Å²) in [7, 11) is 0. The monoisotopic (exact) mass is 513 g/mol. The van der Waals surface area contributed by atoms with E-state index in [1.807, 2.05) is 12.2 Å². The van der Waals surface area contributed by atoms with Crippen molar-refractivity contribution in [2.45, 2.75) is 6.42 Å². The summed E-state index contributed by atoms with van der Waals surface area (Å²) in [5.41, 5.74) is -0.442. The van der Waals surface area contributed by atoms with Crippen LogP contribution in [0.2, 0.25) is 10.0 Å². The Morgan fingerprint density at radius 3 is 2.29 bits per heavy atom. The predicted octanol–water partition coefficient (Wildman–Crippen LogP) is 3.95. The molecule has 1 aliphatic heterocycles. The van der Waals surface area contributed by atoms with Gasteiger partial charge in [0.25, 0.3) is 23.4 Å². The molecular formula is C24H17Cl2N3O6. The average Bonchev–Trinajstić information content (AvgIpc) is 3.51. The van der Waals surface area contributed by atoms with E-state index in [1.165, 1.54) is 36.4 Å². The first-order valence-electron chi connectivity index (χ1n) is 10.8. The molecule has 2 aliphatic carbocycles. The second kappa shape index (κ2) is 8.58. The molecule has 2 fully saturated rings. The zero-order valence-corrected chi connectivity index (χ0v) is 19.5. The van der Waals surface area contributed by atoms with Crippen LogP contribution in [0, 0.1) is 33.8 Å². The van der Waals surface area contributed by atoms with Crippen LogP contribution in [0.5, 0.6) is 0 Å². The van der Waals surface area contributed by atoms with E-state index in [1.54, 1.807) is 0 Å². The fraction of sp³-hybridized carbons (Fsp3) is 0.250. The number of carbonyl (C=O) groups is 4. The summed E-state index contributed by atoms with van der Waals surface area (Å²) >= 11 is 12.1. The third-order valence-electron chi connectivity index (χ3n) is 6.75. The van der Waals surface area contributed by atoms with Crippen molar-refractivity contribution in [3.05, 3.63) is 85.9 Å². The fourth-order valence-corrected chi connectivity index (χ4v) is 5.71. The van der Waals surface area contributed by atoms with Gasteiger partial charge in [-0.1, -0.05) is 41.4 Å².